The Morgan fingerprint density at radius 3 is 2.74 bits per heavy atom. The molecule has 9 heteroatoms. The van der Waals surface area contributed by atoms with Gasteiger partial charge in [0.05, 0.1) is 6.61 Å². The molecular formula is C25H35ClN2O6. The summed E-state index contributed by atoms with van der Waals surface area (Å²) in [5.74, 6) is 0.465. The molecule has 0 unspecified atom stereocenters. The smallest absolute Gasteiger partial charge is 0.319 e. The molecule has 0 radical (unpaired) electrons. The van der Waals surface area contributed by atoms with Gasteiger partial charge in [-0.15, -0.1) is 0 Å². The van der Waals surface area contributed by atoms with E-state index in [-0.39, 0.29) is 24.2 Å². The van der Waals surface area contributed by atoms with E-state index in [1.807, 2.05) is 6.92 Å². The van der Waals surface area contributed by atoms with E-state index in [0.29, 0.717) is 42.1 Å². The number of nitrogens with one attached hydrogen (secondary N) is 2. The maximum absolute atomic E-state index is 12.1. The second-order valence-corrected chi connectivity index (χ2v) is 10.8. The standard InChI is InChI=1S/C25H35ClN2O6/c1-15-5-10-20-16(2)21(31-22-25(20)19(15)11-12-24(3,32-22)33-34-25)30-14-4-13-27-23(29)28-18-8-6-17(26)7-9-18/h6-9,15-16,19-22H,4-5,10-14H2,1-3H3,(H2,27,28,29)/t15-,16-,19+,20+,21+,22-,24+,25-/m1/s1. The van der Waals surface area contributed by atoms with Gasteiger partial charge in [0, 0.05) is 35.5 Å². The minimum atomic E-state index is -0.788. The lowest BCUT2D eigenvalue weighted by Gasteiger charge is -2.60. The predicted molar refractivity (Wildman–Crippen MR) is 126 cm³/mol. The summed E-state index contributed by atoms with van der Waals surface area (Å²) in [5.41, 5.74) is 0.114. The Labute approximate surface area is 205 Å². The van der Waals surface area contributed by atoms with Crippen molar-refractivity contribution in [2.75, 3.05) is 18.5 Å². The minimum Gasteiger partial charge on any atom is -0.352 e. The average molecular weight is 495 g/mol. The molecular weight excluding hydrogens is 460 g/mol. The molecule has 1 aromatic carbocycles. The van der Waals surface area contributed by atoms with Gasteiger partial charge in [-0.2, -0.15) is 0 Å². The molecule has 188 valence electrons. The van der Waals surface area contributed by atoms with Crippen LogP contribution in [0.15, 0.2) is 24.3 Å². The fraction of sp³-hybridized carbons (Fsp3) is 0.720. The number of urea groups is 1. The molecule has 2 amide bonds. The van der Waals surface area contributed by atoms with Crippen molar-refractivity contribution in [3.63, 3.8) is 0 Å². The third kappa shape index (κ3) is 4.45. The van der Waals surface area contributed by atoms with Crippen LogP contribution in [0.4, 0.5) is 10.5 Å². The van der Waals surface area contributed by atoms with E-state index in [0.717, 1.165) is 25.7 Å². The summed E-state index contributed by atoms with van der Waals surface area (Å²) >= 11 is 5.87. The zero-order chi connectivity index (χ0) is 23.9. The van der Waals surface area contributed by atoms with Gasteiger partial charge in [0.25, 0.3) is 0 Å². The number of ether oxygens (including phenoxy) is 3. The van der Waals surface area contributed by atoms with Gasteiger partial charge < -0.3 is 24.8 Å². The van der Waals surface area contributed by atoms with Gasteiger partial charge in [-0.3, -0.25) is 0 Å². The van der Waals surface area contributed by atoms with Crippen LogP contribution >= 0.6 is 11.6 Å². The largest absolute Gasteiger partial charge is 0.352 e. The topological polar surface area (TPSA) is 87.3 Å². The molecule has 1 spiro atoms. The summed E-state index contributed by atoms with van der Waals surface area (Å²) in [6, 6.07) is 6.72. The van der Waals surface area contributed by atoms with Gasteiger partial charge in [0.1, 0.15) is 0 Å². The second kappa shape index (κ2) is 9.56. The lowest BCUT2D eigenvalue weighted by atomic mass is 9.58. The summed E-state index contributed by atoms with van der Waals surface area (Å²) in [6.07, 6.45) is 3.77. The number of hydrogen-bond acceptors (Lipinski definition) is 6. The molecule has 4 saturated heterocycles. The Bertz CT molecular complexity index is 887. The van der Waals surface area contributed by atoms with E-state index >= 15 is 0 Å². The molecule has 5 aliphatic rings. The van der Waals surface area contributed by atoms with E-state index in [1.54, 1.807) is 24.3 Å². The number of fused-ring (bicyclic) bond motifs is 2. The number of benzene rings is 1. The summed E-state index contributed by atoms with van der Waals surface area (Å²) in [5, 5.41) is 6.26. The maximum Gasteiger partial charge on any atom is 0.319 e. The van der Waals surface area contributed by atoms with Crippen molar-refractivity contribution in [2.24, 2.45) is 23.7 Å². The van der Waals surface area contributed by atoms with Gasteiger partial charge in [-0.25, -0.2) is 14.6 Å². The summed E-state index contributed by atoms with van der Waals surface area (Å²) < 4.78 is 18.9. The first-order valence-corrected chi connectivity index (χ1v) is 12.8. The molecule has 1 aromatic rings. The van der Waals surface area contributed by atoms with Crippen LogP contribution in [0.2, 0.25) is 5.02 Å². The van der Waals surface area contributed by atoms with Gasteiger partial charge >= 0.3 is 6.03 Å². The molecule has 8 atom stereocenters. The zero-order valence-corrected chi connectivity index (χ0v) is 20.8. The Morgan fingerprint density at radius 1 is 1.15 bits per heavy atom. The molecule has 4 heterocycles. The van der Waals surface area contributed by atoms with E-state index in [9.17, 15) is 4.79 Å². The third-order valence-corrected chi connectivity index (χ3v) is 8.34. The van der Waals surface area contributed by atoms with Gasteiger partial charge in [0.2, 0.25) is 5.79 Å². The fourth-order valence-corrected chi connectivity index (χ4v) is 6.37. The van der Waals surface area contributed by atoms with Crippen molar-refractivity contribution >= 4 is 23.3 Å². The van der Waals surface area contributed by atoms with Crippen LogP contribution in [-0.4, -0.2) is 43.2 Å². The fourth-order valence-electron chi connectivity index (χ4n) is 6.24. The molecule has 6 rings (SSSR count). The van der Waals surface area contributed by atoms with Gasteiger partial charge in [-0.05, 0) is 68.7 Å². The first-order valence-electron chi connectivity index (χ1n) is 12.4. The maximum atomic E-state index is 12.1. The van der Waals surface area contributed by atoms with Crippen LogP contribution in [0.5, 0.6) is 0 Å². The summed E-state index contributed by atoms with van der Waals surface area (Å²) in [4.78, 5) is 24.1. The van der Waals surface area contributed by atoms with E-state index in [2.05, 4.69) is 24.5 Å². The van der Waals surface area contributed by atoms with Crippen molar-refractivity contribution in [2.45, 2.75) is 76.8 Å². The lowest BCUT2D eigenvalue weighted by Crippen LogP contribution is -2.70. The summed E-state index contributed by atoms with van der Waals surface area (Å²) in [7, 11) is 0. The molecule has 2 N–H and O–H groups in total. The Morgan fingerprint density at radius 2 is 1.94 bits per heavy atom. The average Bonchev–Trinajstić information content (AvgIpc) is 3.04. The Hall–Kier alpha value is -1.42. The number of amides is 2. The number of rotatable bonds is 6. The van der Waals surface area contributed by atoms with Crippen LogP contribution in [-0.2, 0) is 24.0 Å². The molecule has 5 fully saturated rings. The van der Waals surface area contributed by atoms with Crippen LogP contribution in [0.25, 0.3) is 0 Å². The highest BCUT2D eigenvalue weighted by atomic mass is 35.5. The van der Waals surface area contributed by atoms with Crippen molar-refractivity contribution in [3.8, 4) is 0 Å². The first-order chi connectivity index (χ1) is 16.3. The number of anilines is 1. The van der Waals surface area contributed by atoms with Crippen molar-refractivity contribution in [3.05, 3.63) is 29.3 Å². The lowest BCUT2D eigenvalue weighted by molar-refractivity contribution is -0.577. The molecule has 34 heavy (non-hydrogen) atoms. The van der Waals surface area contributed by atoms with Crippen LogP contribution < -0.4 is 10.6 Å². The van der Waals surface area contributed by atoms with Crippen LogP contribution in [0.1, 0.15) is 52.9 Å². The SMILES string of the molecule is C[C@H]1[C@@H](OCCCNC(=O)Nc2ccc(Cl)cc2)O[C@@H]2O[C@]3(C)CC[C@H]4[C@H](C)CC[C@@H]1[C@@]24OO3. The quantitative estimate of drug-likeness (QED) is 0.424. The van der Waals surface area contributed by atoms with Crippen molar-refractivity contribution in [1.82, 2.24) is 5.32 Å². The highest BCUT2D eigenvalue weighted by Crippen LogP contribution is 2.60. The normalized spacial score (nSPS) is 40.8. The number of hydrogen-bond donors (Lipinski definition) is 2. The molecule has 0 aromatic heterocycles. The van der Waals surface area contributed by atoms with Crippen molar-refractivity contribution in [1.29, 1.82) is 0 Å². The number of carbonyl (C=O) groups is 1. The molecule has 4 aliphatic heterocycles. The molecule has 2 bridgehead atoms. The van der Waals surface area contributed by atoms with Crippen molar-refractivity contribution < 1.29 is 28.8 Å². The first kappa shape index (κ1) is 24.3. The highest BCUT2D eigenvalue weighted by molar-refractivity contribution is 6.30. The summed E-state index contributed by atoms with van der Waals surface area (Å²) in [6.45, 7) is 7.36. The monoisotopic (exact) mass is 494 g/mol. The molecule has 1 aliphatic carbocycles. The highest BCUT2D eigenvalue weighted by Gasteiger charge is 2.69. The van der Waals surface area contributed by atoms with Crippen LogP contribution in [0, 0.1) is 23.7 Å². The van der Waals surface area contributed by atoms with Gasteiger partial charge in [-0.1, -0.05) is 25.4 Å². The predicted octanol–water partition coefficient (Wildman–Crippen LogP) is 5.08. The minimum absolute atomic E-state index is 0.141. The van der Waals surface area contributed by atoms with E-state index in [1.165, 1.54) is 0 Å². The number of halogens is 1. The second-order valence-electron chi connectivity index (χ2n) is 10.4. The van der Waals surface area contributed by atoms with E-state index in [4.69, 9.17) is 35.6 Å². The number of carbonyl (C=O) groups excluding carboxylic acids is 1. The Kier molecular flexibility index (Phi) is 6.83. The molecule has 1 saturated carbocycles. The zero-order valence-electron chi connectivity index (χ0n) is 20.1. The third-order valence-electron chi connectivity index (χ3n) is 8.09. The molecule has 8 nitrogen and oxygen atoms in total. The van der Waals surface area contributed by atoms with Gasteiger partial charge in [0.15, 0.2) is 18.2 Å². The van der Waals surface area contributed by atoms with E-state index < -0.39 is 17.7 Å². The van der Waals surface area contributed by atoms with Crippen LogP contribution in [0.3, 0.4) is 0 Å². The Balaban J connectivity index is 1.14.